The molecule has 4 unspecified atom stereocenters. The van der Waals surface area contributed by atoms with Gasteiger partial charge in [0.1, 0.15) is 5.84 Å². The number of nitrogens with zero attached hydrogens (tertiary/aromatic N) is 1. The lowest BCUT2D eigenvalue weighted by Gasteiger charge is -2.35. The summed E-state index contributed by atoms with van der Waals surface area (Å²) in [5, 5.41) is 8.44. The molecule has 4 atom stereocenters. The van der Waals surface area contributed by atoms with Crippen molar-refractivity contribution in [3.63, 3.8) is 0 Å². The third kappa shape index (κ3) is 1.65. The lowest BCUT2D eigenvalue weighted by molar-refractivity contribution is 0.182. The molecular weight excluding hydrogens is 232 g/mol. The minimum atomic E-state index is 0.537. The van der Waals surface area contributed by atoms with Crippen molar-refractivity contribution in [1.82, 2.24) is 4.90 Å². The Morgan fingerprint density at radius 2 is 2.05 bits per heavy atom. The maximum absolute atomic E-state index is 8.44. The van der Waals surface area contributed by atoms with E-state index in [4.69, 9.17) is 5.41 Å². The first-order valence-electron chi connectivity index (χ1n) is 7.67. The first kappa shape index (κ1) is 11.5. The van der Waals surface area contributed by atoms with Crippen LogP contribution in [0.2, 0.25) is 0 Å². The molecule has 1 N–H and O–H groups in total. The average Bonchev–Trinajstić information content (AvgIpc) is 3.13. The van der Waals surface area contributed by atoms with E-state index in [1.165, 1.54) is 31.2 Å². The number of rotatable bonds is 2. The molecule has 4 rings (SSSR count). The molecule has 2 saturated carbocycles. The summed E-state index contributed by atoms with van der Waals surface area (Å²) in [4.78, 5) is 2.34. The molecule has 2 aliphatic carbocycles. The first-order valence-corrected chi connectivity index (χ1v) is 7.67. The highest BCUT2D eigenvalue weighted by atomic mass is 15.2. The van der Waals surface area contributed by atoms with Gasteiger partial charge in [-0.2, -0.15) is 0 Å². The van der Waals surface area contributed by atoms with Gasteiger partial charge in [-0.3, -0.25) is 5.41 Å². The van der Waals surface area contributed by atoms with Gasteiger partial charge in [0.2, 0.25) is 0 Å². The van der Waals surface area contributed by atoms with Gasteiger partial charge in [-0.15, -0.1) is 0 Å². The first-order chi connectivity index (χ1) is 9.24. The number of hydrogen-bond donors (Lipinski definition) is 1. The molecule has 0 amide bonds. The topological polar surface area (TPSA) is 27.1 Å². The smallest absolute Gasteiger partial charge is 0.128 e. The van der Waals surface area contributed by atoms with E-state index < -0.39 is 0 Å². The van der Waals surface area contributed by atoms with E-state index in [0.29, 0.717) is 6.04 Å². The molecular formula is C17H22N2. The monoisotopic (exact) mass is 254 g/mol. The number of benzene rings is 1. The third-order valence-corrected chi connectivity index (χ3v) is 5.80. The van der Waals surface area contributed by atoms with E-state index in [1.54, 1.807) is 0 Å². The molecule has 2 bridgehead atoms. The number of fused-ring (bicyclic) bond motifs is 3. The molecule has 1 aromatic rings. The highest BCUT2D eigenvalue weighted by Gasteiger charge is 2.44. The Balaban J connectivity index is 1.57. The molecule has 1 aliphatic heterocycles. The van der Waals surface area contributed by atoms with Crippen LogP contribution in [-0.2, 0) is 6.54 Å². The molecule has 19 heavy (non-hydrogen) atoms. The normalized spacial score (nSPS) is 33.8. The van der Waals surface area contributed by atoms with Crippen molar-refractivity contribution in [3.8, 4) is 0 Å². The van der Waals surface area contributed by atoms with Gasteiger partial charge in [-0.05, 0) is 49.5 Å². The van der Waals surface area contributed by atoms with Crippen molar-refractivity contribution in [2.75, 3.05) is 0 Å². The van der Waals surface area contributed by atoms with Crippen LogP contribution < -0.4 is 0 Å². The summed E-state index contributed by atoms with van der Waals surface area (Å²) in [6, 6.07) is 8.97. The van der Waals surface area contributed by atoms with Crippen LogP contribution in [0.4, 0.5) is 0 Å². The van der Waals surface area contributed by atoms with Crippen molar-refractivity contribution in [2.45, 2.75) is 45.2 Å². The minimum absolute atomic E-state index is 0.537. The third-order valence-electron chi connectivity index (χ3n) is 5.80. The summed E-state index contributed by atoms with van der Waals surface area (Å²) in [6.45, 7) is 3.30. The molecule has 2 fully saturated rings. The maximum Gasteiger partial charge on any atom is 0.128 e. The lowest BCUT2D eigenvalue weighted by atomic mass is 9.83. The van der Waals surface area contributed by atoms with Gasteiger partial charge in [0.25, 0.3) is 0 Å². The predicted molar refractivity (Wildman–Crippen MR) is 77.2 cm³/mol. The second-order valence-electron chi connectivity index (χ2n) is 6.71. The fourth-order valence-electron chi connectivity index (χ4n) is 4.77. The Morgan fingerprint density at radius 3 is 2.74 bits per heavy atom. The summed E-state index contributed by atoms with van der Waals surface area (Å²) in [5.74, 6) is 3.52. The number of amidine groups is 1. The summed E-state index contributed by atoms with van der Waals surface area (Å²) in [5.41, 5.74) is 2.49. The second-order valence-corrected chi connectivity index (χ2v) is 6.71. The van der Waals surface area contributed by atoms with E-state index in [-0.39, 0.29) is 0 Å². The zero-order valence-corrected chi connectivity index (χ0v) is 11.6. The molecule has 1 aromatic carbocycles. The molecule has 0 radical (unpaired) electrons. The van der Waals surface area contributed by atoms with E-state index in [1.807, 2.05) is 0 Å². The fraction of sp³-hybridized carbons (Fsp3) is 0.588. The van der Waals surface area contributed by atoms with Crippen molar-refractivity contribution in [1.29, 1.82) is 5.41 Å². The molecule has 3 aliphatic rings. The molecule has 100 valence electrons. The van der Waals surface area contributed by atoms with E-state index in [9.17, 15) is 0 Å². The maximum atomic E-state index is 8.44. The summed E-state index contributed by atoms with van der Waals surface area (Å²) >= 11 is 0. The number of hydrogen-bond acceptors (Lipinski definition) is 1. The molecule has 2 heteroatoms. The van der Waals surface area contributed by atoms with Gasteiger partial charge in [-0.1, -0.05) is 30.7 Å². The second kappa shape index (κ2) is 4.09. The van der Waals surface area contributed by atoms with Crippen LogP contribution in [0.25, 0.3) is 0 Å². The Labute approximate surface area is 115 Å². The quantitative estimate of drug-likeness (QED) is 0.857. The van der Waals surface area contributed by atoms with Gasteiger partial charge in [0.15, 0.2) is 0 Å². The molecule has 1 heterocycles. The summed E-state index contributed by atoms with van der Waals surface area (Å²) < 4.78 is 0. The standard InChI is InChI=1S/C17H22N2/c1-11(16-9-12-6-7-13(16)8-12)19-10-14-4-2-3-5-15(14)17(19)18/h2-5,11-13,16,18H,6-10H2,1H3. The van der Waals surface area contributed by atoms with Crippen LogP contribution in [0.1, 0.15) is 43.7 Å². The minimum Gasteiger partial charge on any atom is -0.349 e. The van der Waals surface area contributed by atoms with Crippen LogP contribution in [0.5, 0.6) is 0 Å². The van der Waals surface area contributed by atoms with E-state index in [2.05, 4.69) is 36.1 Å². The van der Waals surface area contributed by atoms with Crippen molar-refractivity contribution in [2.24, 2.45) is 17.8 Å². The van der Waals surface area contributed by atoms with Crippen molar-refractivity contribution >= 4 is 5.84 Å². The van der Waals surface area contributed by atoms with Crippen LogP contribution in [0, 0.1) is 23.2 Å². The SMILES string of the molecule is CC(C1CC2CCC1C2)N1Cc2ccccc2C1=N. The Morgan fingerprint density at radius 1 is 1.21 bits per heavy atom. The van der Waals surface area contributed by atoms with Crippen LogP contribution in [-0.4, -0.2) is 16.8 Å². The Hall–Kier alpha value is -1.31. The van der Waals surface area contributed by atoms with Crippen LogP contribution in [0.15, 0.2) is 24.3 Å². The fourth-order valence-corrected chi connectivity index (χ4v) is 4.77. The highest BCUT2D eigenvalue weighted by Crippen LogP contribution is 2.50. The molecule has 0 aromatic heterocycles. The van der Waals surface area contributed by atoms with Gasteiger partial charge >= 0.3 is 0 Å². The van der Waals surface area contributed by atoms with Gasteiger partial charge in [0.05, 0.1) is 0 Å². The number of nitrogens with one attached hydrogen (secondary N) is 1. The van der Waals surface area contributed by atoms with Gasteiger partial charge in [-0.25, -0.2) is 0 Å². The van der Waals surface area contributed by atoms with Gasteiger partial charge < -0.3 is 4.90 Å². The van der Waals surface area contributed by atoms with E-state index >= 15 is 0 Å². The van der Waals surface area contributed by atoms with Crippen molar-refractivity contribution < 1.29 is 0 Å². The Kier molecular flexibility index (Phi) is 2.48. The van der Waals surface area contributed by atoms with Crippen molar-refractivity contribution in [3.05, 3.63) is 35.4 Å². The zero-order valence-electron chi connectivity index (χ0n) is 11.6. The largest absolute Gasteiger partial charge is 0.349 e. The van der Waals surface area contributed by atoms with Gasteiger partial charge in [0, 0.05) is 18.2 Å². The summed E-state index contributed by atoms with van der Waals surface area (Å²) in [6.07, 6.45) is 5.77. The highest BCUT2D eigenvalue weighted by molar-refractivity contribution is 6.00. The average molecular weight is 254 g/mol. The van der Waals surface area contributed by atoms with Crippen LogP contribution >= 0.6 is 0 Å². The molecule has 2 nitrogen and oxygen atoms in total. The lowest BCUT2D eigenvalue weighted by Crippen LogP contribution is -2.40. The van der Waals surface area contributed by atoms with E-state index in [0.717, 1.165) is 35.7 Å². The predicted octanol–water partition coefficient (Wildman–Crippen LogP) is 3.65. The summed E-state index contributed by atoms with van der Waals surface area (Å²) in [7, 11) is 0. The zero-order chi connectivity index (χ0) is 13.0. The Bertz CT molecular complexity index is 522. The molecule has 0 saturated heterocycles. The van der Waals surface area contributed by atoms with Crippen LogP contribution in [0.3, 0.4) is 0 Å². The molecule has 0 spiro atoms.